The number of aliphatic hydroxyl groups excluding tert-OH is 2. The van der Waals surface area contributed by atoms with Gasteiger partial charge >= 0.3 is 11.3 Å². The Labute approximate surface area is 264 Å². The number of hydrogen-bond acceptors (Lipinski definition) is 11. The summed E-state index contributed by atoms with van der Waals surface area (Å²) >= 11 is 0. The van der Waals surface area contributed by atoms with Crippen LogP contribution in [0.5, 0.6) is 5.75 Å². The number of alkyl carbamates (subject to hydrolysis) is 1. The maximum Gasteiger partial charge on any atom is 0.407 e. The number of piperidine rings is 1. The van der Waals surface area contributed by atoms with Crippen LogP contribution in [0.2, 0.25) is 0 Å². The van der Waals surface area contributed by atoms with Crippen molar-refractivity contribution >= 4 is 36.9 Å². The molecule has 0 saturated carbocycles. The number of fused-ring (bicyclic) bond motifs is 1. The van der Waals surface area contributed by atoms with Crippen molar-refractivity contribution in [1.82, 2.24) is 14.6 Å². The number of nitrogens with one attached hydrogen (secondary N) is 1. The van der Waals surface area contributed by atoms with Crippen molar-refractivity contribution in [3.8, 4) is 5.75 Å². The van der Waals surface area contributed by atoms with Gasteiger partial charge in [-0.1, -0.05) is 24.3 Å². The molecule has 2 saturated heterocycles. The predicted molar refractivity (Wildman–Crippen MR) is 158 cm³/mol. The highest BCUT2D eigenvalue weighted by atomic mass is 32.2. The fourth-order valence-electron chi connectivity index (χ4n) is 5.37. The molecule has 2 aliphatic rings. The number of halogens is 2. The molecule has 17 heteroatoms. The van der Waals surface area contributed by atoms with E-state index < -0.39 is 73.7 Å². The van der Waals surface area contributed by atoms with E-state index in [1.807, 2.05) is 12.1 Å². The van der Waals surface area contributed by atoms with E-state index in [1.165, 1.54) is 16.6 Å². The van der Waals surface area contributed by atoms with Crippen LogP contribution in [-0.2, 0) is 29.3 Å². The third-order valence-electron chi connectivity index (χ3n) is 7.91. The van der Waals surface area contributed by atoms with Gasteiger partial charge in [-0.2, -0.15) is 13.1 Å². The number of carbonyl (C=O) groups excluding carboxylic acids is 1. The molecule has 3 N–H and O–H groups in total. The maximum absolute atomic E-state index is 13.6. The Hall–Kier alpha value is -3.48. The summed E-state index contributed by atoms with van der Waals surface area (Å²) in [5.74, 6) is -0.139. The monoisotopic (exact) mass is 685 g/mol. The molecular weight excluding hydrogens is 652 g/mol. The summed E-state index contributed by atoms with van der Waals surface area (Å²) in [5, 5.41) is 17.9. The lowest BCUT2D eigenvalue weighted by atomic mass is 9.88. The molecule has 3 aromatic rings. The molecular formula is C29H33F2N3O10S2. The minimum Gasteiger partial charge on any atom is -0.491 e. The highest BCUT2D eigenvalue weighted by Gasteiger charge is 2.46. The van der Waals surface area contributed by atoms with Gasteiger partial charge in [0.25, 0.3) is 0 Å². The molecule has 0 unspecified atom stereocenters. The van der Waals surface area contributed by atoms with Gasteiger partial charge in [0.1, 0.15) is 36.6 Å². The first-order valence-electron chi connectivity index (χ1n) is 14.3. The van der Waals surface area contributed by atoms with Gasteiger partial charge in [-0.05, 0) is 49.6 Å². The number of carbonyl (C=O) groups is 1. The summed E-state index contributed by atoms with van der Waals surface area (Å²) in [6, 6.07) is 12.6. The molecule has 2 atom stereocenters. The van der Waals surface area contributed by atoms with Gasteiger partial charge in [0.15, 0.2) is 0 Å². The molecule has 2 fully saturated rings. The molecule has 13 nitrogen and oxygen atoms in total. The molecule has 2 aliphatic heterocycles. The smallest absolute Gasteiger partial charge is 0.407 e. The summed E-state index contributed by atoms with van der Waals surface area (Å²) in [6.07, 6.45) is 0.492. The van der Waals surface area contributed by atoms with Crippen molar-refractivity contribution < 1.29 is 54.8 Å². The molecule has 1 spiro atoms. The summed E-state index contributed by atoms with van der Waals surface area (Å²) in [5.41, 5.74) is 0.0911. The second kappa shape index (κ2) is 13.3. The Bertz CT molecular complexity index is 1780. The number of pyridine rings is 1. The summed E-state index contributed by atoms with van der Waals surface area (Å²) in [7, 11) is -8.93. The van der Waals surface area contributed by atoms with Gasteiger partial charge in [0, 0.05) is 24.7 Å². The zero-order valence-corrected chi connectivity index (χ0v) is 26.1. The SMILES string of the molecule is O=C(N[C@H]1COC2(CCN(S(=O)(=O)c3cnc4ccccc4c3)CC2)C1)OC[C@@H](O)COc1cccc(S(=O)(=O)C(F)(F)CO)c1. The topological polar surface area (TPSA) is 182 Å². The number of alkyl halides is 2. The summed E-state index contributed by atoms with van der Waals surface area (Å²) in [4.78, 5) is 16.0. The van der Waals surface area contributed by atoms with E-state index >= 15 is 0 Å². The predicted octanol–water partition coefficient (Wildman–Crippen LogP) is 2.07. The lowest BCUT2D eigenvalue weighted by molar-refractivity contribution is -0.0312. The number of nitrogens with zero attached hydrogens (tertiary/aromatic N) is 2. The Morgan fingerprint density at radius 1 is 1.09 bits per heavy atom. The molecule has 0 bridgehead atoms. The van der Waals surface area contributed by atoms with Gasteiger partial charge in [-0.25, -0.2) is 21.6 Å². The Kier molecular flexibility index (Phi) is 9.81. The van der Waals surface area contributed by atoms with Crippen molar-refractivity contribution in [3.63, 3.8) is 0 Å². The molecule has 46 heavy (non-hydrogen) atoms. The van der Waals surface area contributed by atoms with Gasteiger partial charge in [0.2, 0.25) is 19.9 Å². The molecule has 0 aliphatic carbocycles. The number of aromatic nitrogens is 1. The van der Waals surface area contributed by atoms with Crippen LogP contribution in [0.1, 0.15) is 19.3 Å². The van der Waals surface area contributed by atoms with Crippen molar-refractivity contribution in [2.75, 3.05) is 39.5 Å². The largest absolute Gasteiger partial charge is 0.491 e. The third kappa shape index (κ3) is 7.24. The third-order valence-corrected chi connectivity index (χ3v) is 11.6. The van der Waals surface area contributed by atoms with Crippen LogP contribution in [0, 0.1) is 0 Å². The second-order valence-electron chi connectivity index (χ2n) is 11.1. The average molecular weight is 686 g/mol. The van der Waals surface area contributed by atoms with Crippen molar-refractivity contribution in [2.45, 2.75) is 52.1 Å². The number of sulfonamides is 1. The maximum atomic E-state index is 13.6. The number of ether oxygens (including phenoxy) is 3. The van der Waals surface area contributed by atoms with Crippen molar-refractivity contribution in [1.29, 1.82) is 0 Å². The normalized spacial score (nSPS) is 19.6. The van der Waals surface area contributed by atoms with Gasteiger partial charge in [0.05, 0.1) is 28.7 Å². The van der Waals surface area contributed by atoms with E-state index in [2.05, 4.69) is 10.3 Å². The molecule has 5 rings (SSSR count). The number of sulfone groups is 1. The number of hydrogen-bond donors (Lipinski definition) is 3. The summed E-state index contributed by atoms with van der Waals surface area (Å²) in [6.45, 7) is -2.16. The van der Waals surface area contributed by atoms with Gasteiger partial charge < -0.3 is 29.7 Å². The van der Waals surface area contributed by atoms with E-state index in [1.54, 1.807) is 18.2 Å². The standard InChI is InChI=1S/C29H33F2N3O10S2/c30-29(31,19-35)45(38,39)24-6-3-5-23(13-24)42-17-22(36)18-43-27(37)33-21-14-28(44-16-21)8-10-34(11-9-28)46(40,41)25-12-20-4-1-2-7-26(20)32-15-25/h1-7,12-13,15,21-22,35-36H,8-11,14,16-19H2,(H,33,37)/t21-,22+/m1/s1. The van der Waals surface area contributed by atoms with Crippen LogP contribution in [0.3, 0.4) is 0 Å². The number of rotatable bonds is 11. The van der Waals surface area contributed by atoms with E-state index in [0.29, 0.717) is 24.8 Å². The first kappa shape index (κ1) is 33.9. The number of para-hydroxylation sites is 1. The molecule has 0 radical (unpaired) electrons. The molecule has 250 valence electrons. The molecule has 2 aromatic carbocycles. The lowest BCUT2D eigenvalue weighted by Crippen LogP contribution is -2.47. The zero-order valence-electron chi connectivity index (χ0n) is 24.4. The van der Waals surface area contributed by atoms with Crippen LogP contribution < -0.4 is 10.1 Å². The van der Waals surface area contributed by atoms with Crippen LogP contribution in [-0.4, -0.2) is 105 Å². The van der Waals surface area contributed by atoms with Gasteiger partial charge in [-0.15, -0.1) is 0 Å². The molecule has 1 aromatic heterocycles. The Morgan fingerprint density at radius 3 is 2.57 bits per heavy atom. The Morgan fingerprint density at radius 2 is 1.83 bits per heavy atom. The van der Waals surface area contributed by atoms with E-state index in [4.69, 9.17) is 19.3 Å². The van der Waals surface area contributed by atoms with E-state index in [9.17, 15) is 35.5 Å². The van der Waals surface area contributed by atoms with Crippen LogP contribution in [0.4, 0.5) is 13.6 Å². The highest BCUT2D eigenvalue weighted by molar-refractivity contribution is 7.92. The first-order chi connectivity index (χ1) is 21.7. The van der Waals surface area contributed by atoms with E-state index in [0.717, 1.165) is 23.6 Å². The number of benzene rings is 2. The van der Waals surface area contributed by atoms with Crippen LogP contribution >= 0.6 is 0 Å². The van der Waals surface area contributed by atoms with Gasteiger partial charge in [-0.3, -0.25) is 4.98 Å². The zero-order chi connectivity index (χ0) is 33.2. The number of aliphatic hydroxyl groups is 2. The van der Waals surface area contributed by atoms with Crippen molar-refractivity contribution in [2.24, 2.45) is 0 Å². The van der Waals surface area contributed by atoms with Crippen LogP contribution in [0.25, 0.3) is 10.9 Å². The first-order valence-corrected chi connectivity index (χ1v) is 17.2. The lowest BCUT2D eigenvalue weighted by Gasteiger charge is -2.37. The minimum absolute atomic E-state index is 0.119. The second-order valence-corrected chi connectivity index (χ2v) is 15.2. The number of amides is 1. The summed E-state index contributed by atoms with van der Waals surface area (Å²) < 4.78 is 95.6. The van der Waals surface area contributed by atoms with Crippen molar-refractivity contribution in [3.05, 3.63) is 60.8 Å². The average Bonchev–Trinajstić information content (AvgIpc) is 3.43. The fourth-order valence-corrected chi connectivity index (χ4v) is 7.84. The fraction of sp³-hybridized carbons (Fsp3) is 0.448. The molecule has 1 amide bonds. The van der Waals surface area contributed by atoms with E-state index in [-0.39, 0.29) is 30.3 Å². The van der Waals surface area contributed by atoms with Crippen LogP contribution in [0.15, 0.2) is 70.6 Å². The highest BCUT2D eigenvalue weighted by Crippen LogP contribution is 2.37. The Balaban J connectivity index is 1.06. The minimum atomic E-state index is -5.17. The quantitative estimate of drug-likeness (QED) is 0.269. The molecule has 3 heterocycles.